The van der Waals surface area contributed by atoms with Crippen molar-refractivity contribution in [3.05, 3.63) is 150 Å². The first-order valence-electron chi connectivity index (χ1n) is 14.0. The lowest BCUT2D eigenvalue weighted by Crippen LogP contribution is -2.61. The molecule has 0 radical (unpaired) electrons. The van der Waals surface area contributed by atoms with E-state index in [1.165, 1.54) is 33.2 Å². The number of nitrogens with zero attached hydrogens (tertiary/aromatic N) is 2. The van der Waals surface area contributed by atoms with Crippen molar-refractivity contribution < 1.29 is 0 Å². The van der Waals surface area contributed by atoms with Crippen LogP contribution in [-0.2, 0) is 0 Å². The molecule has 0 atom stereocenters. The molecule has 0 N–H and O–H groups in total. The van der Waals surface area contributed by atoms with Crippen LogP contribution in [0.3, 0.4) is 0 Å². The first-order valence-corrected chi connectivity index (χ1v) is 14.0. The quantitative estimate of drug-likeness (QED) is 0.193. The van der Waals surface area contributed by atoms with E-state index in [-0.39, 0.29) is 12.3 Å². The van der Waals surface area contributed by atoms with Crippen LogP contribution in [-0.4, -0.2) is 11.3 Å². The van der Waals surface area contributed by atoms with Crippen molar-refractivity contribution in [1.82, 2.24) is 4.57 Å². The molecule has 3 heterocycles. The van der Waals surface area contributed by atoms with Crippen LogP contribution in [0.4, 0.5) is 17.1 Å². The van der Waals surface area contributed by atoms with Gasteiger partial charge in [0.05, 0.1) is 5.52 Å². The second kappa shape index (κ2) is 8.33. The molecule has 7 aromatic rings. The van der Waals surface area contributed by atoms with Gasteiger partial charge in [-0.2, -0.15) is 0 Å². The van der Waals surface area contributed by atoms with Crippen molar-refractivity contribution in [2.75, 3.05) is 4.90 Å². The lowest BCUT2D eigenvalue weighted by Gasteiger charge is -2.40. The number of anilines is 3. The standard InChI is InChI=1S/C37H23BN2O/c41-37-29-13-5-4-12-27(29)28-14-8-16-31-36(28)40(37)34-19-9-18-33-35(34)38(31)30-15-6-7-17-32(30)39(33)26-22-20-25(21-23-26)24-10-2-1-3-11-24/h1-23H. The molecule has 0 spiro atoms. The van der Waals surface area contributed by atoms with Gasteiger partial charge in [0.1, 0.15) is 0 Å². The minimum Gasteiger partial charge on any atom is -0.311 e. The normalized spacial score (nSPS) is 12.9. The Labute approximate surface area is 237 Å². The third kappa shape index (κ3) is 3.02. The van der Waals surface area contributed by atoms with Gasteiger partial charge in [-0.3, -0.25) is 9.36 Å². The first-order chi connectivity index (χ1) is 20.3. The Bertz CT molecular complexity index is 2240. The zero-order chi connectivity index (χ0) is 27.1. The van der Waals surface area contributed by atoms with Gasteiger partial charge < -0.3 is 4.90 Å². The van der Waals surface area contributed by atoms with E-state index in [1.54, 1.807) is 0 Å². The number of benzene rings is 6. The van der Waals surface area contributed by atoms with Crippen molar-refractivity contribution in [2.24, 2.45) is 0 Å². The summed E-state index contributed by atoms with van der Waals surface area (Å²) in [7, 11) is 0. The average molecular weight is 522 g/mol. The van der Waals surface area contributed by atoms with Gasteiger partial charge in [-0.15, -0.1) is 0 Å². The van der Waals surface area contributed by atoms with Crippen molar-refractivity contribution in [3.8, 4) is 16.8 Å². The lowest BCUT2D eigenvalue weighted by atomic mass is 9.33. The maximum atomic E-state index is 14.2. The largest absolute Gasteiger partial charge is 0.311 e. The van der Waals surface area contributed by atoms with Crippen molar-refractivity contribution >= 4 is 61.8 Å². The highest BCUT2D eigenvalue weighted by Gasteiger charge is 2.41. The summed E-state index contributed by atoms with van der Waals surface area (Å²) < 4.78 is 1.97. The molecule has 1 aromatic heterocycles. The molecule has 41 heavy (non-hydrogen) atoms. The molecule has 0 bridgehead atoms. The summed E-state index contributed by atoms with van der Waals surface area (Å²) >= 11 is 0. The highest BCUT2D eigenvalue weighted by atomic mass is 16.1. The van der Waals surface area contributed by atoms with Gasteiger partial charge in [0.15, 0.2) is 0 Å². The molecular weight excluding hydrogens is 499 g/mol. The third-order valence-electron chi connectivity index (χ3n) is 8.80. The van der Waals surface area contributed by atoms with E-state index in [9.17, 15) is 4.79 Å². The number of pyridine rings is 1. The average Bonchev–Trinajstić information content (AvgIpc) is 3.04. The third-order valence-corrected chi connectivity index (χ3v) is 8.80. The van der Waals surface area contributed by atoms with E-state index in [4.69, 9.17) is 0 Å². The van der Waals surface area contributed by atoms with Gasteiger partial charge >= 0.3 is 0 Å². The summed E-state index contributed by atoms with van der Waals surface area (Å²) in [6.07, 6.45) is 0. The minimum atomic E-state index is 0.0292. The molecule has 2 aliphatic rings. The minimum absolute atomic E-state index is 0.0292. The fraction of sp³-hybridized carbons (Fsp3) is 0. The molecule has 190 valence electrons. The smallest absolute Gasteiger partial charge is 0.263 e. The van der Waals surface area contributed by atoms with E-state index in [0.29, 0.717) is 0 Å². The Kier molecular flexibility index (Phi) is 4.56. The summed E-state index contributed by atoms with van der Waals surface area (Å²) in [5.74, 6) is 0. The molecule has 0 fully saturated rings. The zero-order valence-corrected chi connectivity index (χ0v) is 22.2. The summed E-state index contributed by atoms with van der Waals surface area (Å²) in [5, 5.41) is 2.87. The predicted octanol–water partition coefficient (Wildman–Crippen LogP) is 6.42. The first kappa shape index (κ1) is 22.5. The van der Waals surface area contributed by atoms with Gasteiger partial charge in [0.2, 0.25) is 0 Å². The molecule has 6 aromatic carbocycles. The fourth-order valence-corrected chi connectivity index (χ4v) is 7.10. The number of fused-ring (bicyclic) bond motifs is 6. The van der Waals surface area contributed by atoms with Gasteiger partial charge in [-0.1, -0.05) is 103 Å². The number of hydrogen-bond acceptors (Lipinski definition) is 2. The van der Waals surface area contributed by atoms with Crippen LogP contribution in [0.1, 0.15) is 0 Å². The maximum Gasteiger partial charge on any atom is 0.263 e. The van der Waals surface area contributed by atoms with E-state index in [2.05, 4.69) is 120 Å². The molecule has 4 heteroatoms. The van der Waals surface area contributed by atoms with Crippen LogP contribution in [0.15, 0.2) is 144 Å². The van der Waals surface area contributed by atoms with Gasteiger partial charge in [0.25, 0.3) is 12.3 Å². The Morgan fingerprint density at radius 2 is 1.07 bits per heavy atom. The van der Waals surface area contributed by atoms with E-state index < -0.39 is 0 Å². The van der Waals surface area contributed by atoms with E-state index in [1.807, 2.05) is 28.8 Å². The molecule has 2 aliphatic heterocycles. The summed E-state index contributed by atoms with van der Waals surface area (Å²) in [6, 6.07) is 48.9. The number of hydrogen-bond donors (Lipinski definition) is 0. The topological polar surface area (TPSA) is 25.2 Å². The van der Waals surface area contributed by atoms with E-state index in [0.717, 1.165) is 38.7 Å². The molecule has 0 aliphatic carbocycles. The molecule has 0 saturated carbocycles. The molecular formula is C37H23BN2O. The van der Waals surface area contributed by atoms with Crippen molar-refractivity contribution in [1.29, 1.82) is 0 Å². The fourth-order valence-electron chi connectivity index (χ4n) is 7.10. The molecule has 9 rings (SSSR count). The van der Waals surface area contributed by atoms with Crippen molar-refractivity contribution in [2.45, 2.75) is 0 Å². The maximum absolute atomic E-state index is 14.2. The van der Waals surface area contributed by atoms with Gasteiger partial charge in [-0.25, -0.2) is 0 Å². The van der Waals surface area contributed by atoms with Crippen molar-refractivity contribution in [3.63, 3.8) is 0 Å². The number of rotatable bonds is 2. The Morgan fingerprint density at radius 3 is 1.93 bits per heavy atom. The summed E-state index contributed by atoms with van der Waals surface area (Å²) in [4.78, 5) is 16.5. The van der Waals surface area contributed by atoms with Crippen LogP contribution in [0.25, 0.3) is 38.5 Å². The molecule has 3 nitrogen and oxygen atoms in total. The SMILES string of the molecule is O=c1c2ccccc2c2cccc3c2n1-c1cccc2c1B3c1ccccc1N2c1ccc(-c2ccccc2)cc1. The van der Waals surface area contributed by atoms with Gasteiger partial charge in [0, 0.05) is 33.5 Å². The Balaban J connectivity index is 1.35. The van der Waals surface area contributed by atoms with Crippen LogP contribution in [0.2, 0.25) is 0 Å². The van der Waals surface area contributed by atoms with Gasteiger partial charge in [-0.05, 0) is 69.3 Å². The number of para-hydroxylation sites is 2. The highest BCUT2D eigenvalue weighted by molar-refractivity contribution is 7.00. The molecule has 0 unspecified atom stereocenters. The zero-order valence-electron chi connectivity index (χ0n) is 22.2. The van der Waals surface area contributed by atoms with Crippen LogP contribution < -0.4 is 26.8 Å². The van der Waals surface area contributed by atoms with Crippen LogP contribution >= 0.6 is 0 Å². The molecule has 0 saturated heterocycles. The summed E-state index contributed by atoms with van der Waals surface area (Å²) in [6.45, 7) is 0.0292. The monoisotopic (exact) mass is 522 g/mol. The van der Waals surface area contributed by atoms with Crippen LogP contribution in [0.5, 0.6) is 0 Å². The van der Waals surface area contributed by atoms with Crippen LogP contribution in [0, 0.1) is 0 Å². The predicted molar refractivity (Wildman–Crippen MR) is 172 cm³/mol. The summed E-state index contributed by atoms with van der Waals surface area (Å²) in [5.41, 5.74) is 11.4. The Morgan fingerprint density at radius 1 is 0.463 bits per heavy atom. The Hall–Kier alpha value is -5.35. The second-order valence-corrected chi connectivity index (χ2v) is 10.9. The van der Waals surface area contributed by atoms with E-state index >= 15 is 0 Å². The highest BCUT2D eigenvalue weighted by Crippen LogP contribution is 2.39. The molecule has 0 amide bonds. The second-order valence-electron chi connectivity index (χ2n) is 10.9. The number of aromatic nitrogens is 1. The lowest BCUT2D eigenvalue weighted by molar-refractivity contribution is 1.06.